The fraction of sp³-hybridized carbons (Fsp3) is 1.00. The zero-order valence-electron chi connectivity index (χ0n) is 5.41. The minimum absolute atomic E-state index is 0.773. The first kappa shape index (κ1) is 6.05. The first-order valence-corrected chi connectivity index (χ1v) is 3.37. The average molecular weight is 114 g/mol. The maximum atomic E-state index is 3.41. The molecule has 1 fully saturated rings. The van der Waals surface area contributed by atoms with Crippen molar-refractivity contribution in [2.75, 3.05) is 19.6 Å². The van der Waals surface area contributed by atoms with Gasteiger partial charge in [-0.15, -0.1) is 0 Å². The molecule has 0 saturated carbocycles. The number of nitrogens with one attached hydrogen (secondary N) is 2. The standard InChI is InChI=1S/C6H14N2/c1-2-3-8-6-4-7-5-6/h6-8H,2-5H2,1H3. The van der Waals surface area contributed by atoms with Gasteiger partial charge in [-0.3, -0.25) is 0 Å². The molecule has 1 heterocycles. The summed E-state index contributed by atoms with van der Waals surface area (Å²) in [5.41, 5.74) is 0. The molecule has 8 heavy (non-hydrogen) atoms. The van der Waals surface area contributed by atoms with Gasteiger partial charge < -0.3 is 10.6 Å². The highest BCUT2D eigenvalue weighted by molar-refractivity contribution is 4.80. The van der Waals surface area contributed by atoms with E-state index in [0.717, 1.165) is 6.04 Å². The second kappa shape index (κ2) is 3.05. The van der Waals surface area contributed by atoms with Gasteiger partial charge in [-0.2, -0.15) is 0 Å². The predicted molar refractivity (Wildman–Crippen MR) is 35.0 cm³/mol. The summed E-state index contributed by atoms with van der Waals surface area (Å²) in [6.45, 7) is 5.70. The highest BCUT2D eigenvalue weighted by Gasteiger charge is 2.13. The van der Waals surface area contributed by atoms with Gasteiger partial charge in [-0.25, -0.2) is 0 Å². The molecule has 0 aromatic rings. The third-order valence-electron chi connectivity index (χ3n) is 1.46. The van der Waals surface area contributed by atoms with Gasteiger partial charge in [0, 0.05) is 19.1 Å². The van der Waals surface area contributed by atoms with Crippen LogP contribution in [0.25, 0.3) is 0 Å². The second-order valence-electron chi connectivity index (χ2n) is 2.31. The molecule has 2 heteroatoms. The number of hydrogen-bond donors (Lipinski definition) is 2. The van der Waals surface area contributed by atoms with Crippen molar-refractivity contribution in [3.8, 4) is 0 Å². The molecule has 1 aliphatic rings. The third kappa shape index (κ3) is 1.46. The summed E-state index contributed by atoms with van der Waals surface area (Å²) in [7, 11) is 0. The van der Waals surface area contributed by atoms with E-state index in [0.29, 0.717) is 0 Å². The molecule has 0 spiro atoms. The maximum absolute atomic E-state index is 3.41. The molecular formula is C6H14N2. The Kier molecular flexibility index (Phi) is 2.30. The Hall–Kier alpha value is -0.0800. The van der Waals surface area contributed by atoms with Gasteiger partial charge in [0.1, 0.15) is 0 Å². The molecule has 2 nitrogen and oxygen atoms in total. The zero-order valence-corrected chi connectivity index (χ0v) is 5.41. The lowest BCUT2D eigenvalue weighted by Crippen LogP contribution is -2.55. The van der Waals surface area contributed by atoms with E-state index in [-0.39, 0.29) is 0 Å². The van der Waals surface area contributed by atoms with Gasteiger partial charge in [0.15, 0.2) is 0 Å². The third-order valence-corrected chi connectivity index (χ3v) is 1.46. The molecule has 0 radical (unpaired) electrons. The molecule has 0 bridgehead atoms. The predicted octanol–water partition coefficient (Wildman–Crippen LogP) is -0.0422. The van der Waals surface area contributed by atoms with Crippen LogP contribution in [0.4, 0.5) is 0 Å². The first-order chi connectivity index (χ1) is 3.93. The van der Waals surface area contributed by atoms with Crippen molar-refractivity contribution in [3.05, 3.63) is 0 Å². The molecule has 0 aliphatic carbocycles. The van der Waals surface area contributed by atoms with Gasteiger partial charge in [-0.05, 0) is 13.0 Å². The van der Waals surface area contributed by atoms with Crippen molar-refractivity contribution >= 4 is 0 Å². The zero-order chi connectivity index (χ0) is 5.82. The number of rotatable bonds is 3. The van der Waals surface area contributed by atoms with Crippen LogP contribution < -0.4 is 10.6 Å². The van der Waals surface area contributed by atoms with Gasteiger partial charge in [0.25, 0.3) is 0 Å². The fourth-order valence-corrected chi connectivity index (χ4v) is 0.781. The maximum Gasteiger partial charge on any atom is 0.0317 e. The summed E-state index contributed by atoms with van der Waals surface area (Å²) in [6.07, 6.45) is 1.25. The van der Waals surface area contributed by atoms with Crippen molar-refractivity contribution in [2.45, 2.75) is 19.4 Å². The van der Waals surface area contributed by atoms with Crippen molar-refractivity contribution in [1.29, 1.82) is 0 Å². The largest absolute Gasteiger partial charge is 0.314 e. The van der Waals surface area contributed by atoms with Crippen LogP contribution in [0.3, 0.4) is 0 Å². The van der Waals surface area contributed by atoms with Crippen LogP contribution >= 0.6 is 0 Å². The molecule has 1 rings (SSSR count). The lowest BCUT2D eigenvalue weighted by atomic mass is 10.2. The van der Waals surface area contributed by atoms with Gasteiger partial charge >= 0.3 is 0 Å². The Morgan fingerprint density at radius 1 is 1.62 bits per heavy atom. The quantitative estimate of drug-likeness (QED) is 0.538. The fourth-order valence-electron chi connectivity index (χ4n) is 0.781. The van der Waals surface area contributed by atoms with E-state index in [4.69, 9.17) is 0 Å². The summed E-state index contributed by atoms with van der Waals surface area (Å²) in [6, 6.07) is 0.773. The van der Waals surface area contributed by atoms with Crippen molar-refractivity contribution < 1.29 is 0 Å². The summed E-state index contributed by atoms with van der Waals surface area (Å²) in [4.78, 5) is 0. The van der Waals surface area contributed by atoms with Crippen LogP contribution in [-0.2, 0) is 0 Å². The van der Waals surface area contributed by atoms with Crippen LogP contribution in [-0.4, -0.2) is 25.7 Å². The van der Waals surface area contributed by atoms with Gasteiger partial charge in [0.05, 0.1) is 0 Å². The Morgan fingerprint density at radius 3 is 2.75 bits per heavy atom. The highest BCUT2D eigenvalue weighted by Crippen LogP contribution is 1.89. The van der Waals surface area contributed by atoms with Crippen molar-refractivity contribution in [2.24, 2.45) is 0 Å². The molecule has 0 unspecified atom stereocenters. The SMILES string of the molecule is CCCNC1CNC1. The minimum atomic E-state index is 0.773. The van der Waals surface area contributed by atoms with E-state index >= 15 is 0 Å². The Bertz CT molecular complexity index is 59.5. The molecule has 0 atom stereocenters. The lowest BCUT2D eigenvalue weighted by Gasteiger charge is -2.27. The Balaban J connectivity index is 1.86. The van der Waals surface area contributed by atoms with Gasteiger partial charge in [0.2, 0.25) is 0 Å². The second-order valence-corrected chi connectivity index (χ2v) is 2.31. The molecule has 48 valence electrons. The van der Waals surface area contributed by atoms with Crippen LogP contribution in [0.15, 0.2) is 0 Å². The smallest absolute Gasteiger partial charge is 0.0317 e. The van der Waals surface area contributed by atoms with Crippen LogP contribution in [0.1, 0.15) is 13.3 Å². The van der Waals surface area contributed by atoms with E-state index in [1.54, 1.807) is 0 Å². The Labute approximate surface area is 50.7 Å². The lowest BCUT2D eigenvalue weighted by molar-refractivity contribution is 0.367. The molecule has 1 saturated heterocycles. The highest BCUT2D eigenvalue weighted by atomic mass is 15.1. The molecular weight excluding hydrogens is 100 g/mol. The van der Waals surface area contributed by atoms with Crippen LogP contribution in [0.5, 0.6) is 0 Å². The summed E-state index contributed by atoms with van der Waals surface area (Å²) >= 11 is 0. The normalized spacial score (nSPS) is 20.6. The molecule has 2 N–H and O–H groups in total. The molecule has 1 aliphatic heterocycles. The number of hydrogen-bond acceptors (Lipinski definition) is 2. The molecule has 0 aromatic carbocycles. The summed E-state index contributed by atoms with van der Waals surface area (Å²) < 4.78 is 0. The van der Waals surface area contributed by atoms with E-state index in [1.807, 2.05) is 0 Å². The van der Waals surface area contributed by atoms with Crippen molar-refractivity contribution in [1.82, 2.24) is 10.6 Å². The van der Waals surface area contributed by atoms with E-state index in [9.17, 15) is 0 Å². The van der Waals surface area contributed by atoms with E-state index in [1.165, 1.54) is 26.1 Å². The molecule has 0 amide bonds. The average Bonchev–Trinajstić information content (AvgIpc) is 1.63. The summed E-state index contributed by atoms with van der Waals surface area (Å²) in [5.74, 6) is 0. The summed E-state index contributed by atoms with van der Waals surface area (Å²) in [5, 5.41) is 6.61. The van der Waals surface area contributed by atoms with E-state index < -0.39 is 0 Å². The monoisotopic (exact) mass is 114 g/mol. The topological polar surface area (TPSA) is 24.1 Å². The Morgan fingerprint density at radius 2 is 2.38 bits per heavy atom. The van der Waals surface area contributed by atoms with E-state index in [2.05, 4.69) is 17.6 Å². The molecule has 0 aromatic heterocycles. The minimum Gasteiger partial charge on any atom is -0.314 e. The van der Waals surface area contributed by atoms with Crippen LogP contribution in [0.2, 0.25) is 0 Å². The van der Waals surface area contributed by atoms with Crippen LogP contribution in [0, 0.1) is 0 Å². The first-order valence-electron chi connectivity index (χ1n) is 3.37. The van der Waals surface area contributed by atoms with Crippen molar-refractivity contribution in [3.63, 3.8) is 0 Å². The van der Waals surface area contributed by atoms with Gasteiger partial charge in [-0.1, -0.05) is 6.92 Å².